The molecule has 1 N–H and O–H groups in total. The zero-order valence-corrected chi connectivity index (χ0v) is 15.6. The molecule has 0 fully saturated rings. The van der Waals surface area contributed by atoms with E-state index < -0.39 is 6.10 Å². The summed E-state index contributed by atoms with van der Waals surface area (Å²) in [7, 11) is 0. The van der Waals surface area contributed by atoms with Gasteiger partial charge in [-0.2, -0.15) is 5.10 Å². The van der Waals surface area contributed by atoms with Crippen LogP contribution in [0.2, 0.25) is 0 Å². The van der Waals surface area contributed by atoms with Crippen molar-refractivity contribution in [2.45, 2.75) is 12.6 Å². The molecule has 0 saturated heterocycles. The maximum absolute atomic E-state index is 12.9. The van der Waals surface area contributed by atoms with Gasteiger partial charge in [0.1, 0.15) is 30.0 Å². The zero-order chi connectivity index (χ0) is 19.5. The van der Waals surface area contributed by atoms with Crippen molar-refractivity contribution in [3.8, 4) is 16.3 Å². The Morgan fingerprint density at radius 1 is 1.07 bits per heavy atom. The molecule has 5 nitrogen and oxygen atoms in total. The lowest BCUT2D eigenvalue weighted by Gasteiger charge is -2.15. The van der Waals surface area contributed by atoms with Crippen molar-refractivity contribution in [2.75, 3.05) is 6.61 Å². The number of halogens is 1. The number of aromatic nitrogens is 2. The van der Waals surface area contributed by atoms with E-state index in [1.165, 1.54) is 40.3 Å². The normalized spacial score (nSPS) is 12.2. The van der Waals surface area contributed by atoms with Gasteiger partial charge < -0.3 is 9.84 Å². The number of hydrogen-bond donors (Lipinski definition) is 1. The van der Waals surface area contributed by atoms with E-state index in [-0.39, 0.29) is 24.5 Å². The lowest BCUT2D eigenvalue weighted by molar-refractivity contribution is 0.0882. The summed E-state index contributed by atoms with van der Waals surface area (Å²) in [5.41, 5.74) is 0.439. The Balaban J connectivity index is 1.60. The van der Waals surface area contributed by atoms with Crippen molar-refractivity contribution >= 4 is 22.1 Å². The second-order valence-electron chi connectivity index (χ2n) is 6.28. The Morgan fingerprint density at radius 2 is 1.82 bits per heavy atom. The highest BCUT2D eigenvalue weighted by Crippen LogP contribution is 2.28. The Kier molecular flexibility index (Phi) is 5.18. The van der Waals surface area contributed by atoms with Crippen LogP contribution in [0.5, 0.6) is 5.75 Å². The maximum atomic E-state index is 12.9. The van der Waals surface area contributed by atoms with E-state index >= 15 is 0 Å². The van der Waals surface area contributed by atoms with Gasteiger partial charge in [-0.1, -0.05) is 24.3 Å². The zero-order valence-electron chi connectivity index (χ0n) is 14.8. The minimum Gasteiger partial charge on any atom is -0.491 e. The molecule has 0 bridgehead atoms. The van der Waals surface area contributed by atoms with Crippen LogP contribution in [0.3, 0.4) is 0 Å². The number of hydrogen-bond acceptors (Lipinski definition) is 5. The molecule has 0 spiro atoms. The third kappa shape index (κ3) is 3.81. The first kappa shape index (κ1) is 18.3. The Morgan fingerprint density at radius 3 is 2.54 bits per heavy atom. The Hall–Kier alpha value is -3.03. The highest BCUT2D eigenvalue weighted by atomic mass is 32.1. The van der Waals surface area contributed by atoms with Crippen LogP contribution in [0.1, 0.15) is 0 Å². The number of benzene rings is 2. The summed E-state index contributed by atoms with van der Waals surface area (Å²) in [5, 5.41) is 18.1. The van der Waals surface area contributed by atoms with Crippen LogP contribution in [0.25, 0.3) is 21.3 Å². The van der Waals surface area contributed by atoms with Crippen molar-refractivity contribution in [3.05, 3.63) is 82.2 Å². The molecule has 2 heterocycles. The molecule has 0 aliphatic rings. The first-order valence-electron chi connectivity index (χ1n) is 8.72. The molecule has 0 aliphatic carbocycles. The van der Waals surface area contributed by atoms with Gasteiger partial charge in [-0.3, -0.25) is 4.79 Å². The van der Waals surface area contributed by atoms with Gasteiger partial charge in [0.2, 0.25) is 0 Å². The van der Waals surface area contributed by atoms with Crippen LogP contribution in [-0.4, -0.2) is 27.6 Å². The number of aliphatic hydroxyl groups is 1. The summed E-state index contributed by atoms with van der Waals surface area (Å²) in [6.07, 6.45) is -0.951. The molecule has 0 aliphatic heterocycles. The van der Waals surface area contributed by atoms with Crippen molar-refractivity contribution in [3.63, 3.8) is 0 Å². The van der Waals surface area contributed by atoms with E-state index in [4.69, 9.17) is 4.74 Å². The van der Waals surface area contributed by atoms with Crippen LogP contribution < -0.4 is 10.3 Å². The third-order valence-electron chi connectivity index (χ3n) is 4.26. The smallest absolute Gasteiger partial charge is 0.274 e. The number of thiophene rings is 1. The summed E-state index contributed by atoms with van der Waals surface area (Å²) in [4.78, 5) is 13.8. The highest BCUT2D eigenvalue weighted by Gasteiger charge is 2.15. The number of ether oxygens (including phenoxy) is 1. The second-order valence-corrected chi connectivity index (χ2v) is 7.23. The summed E-state index contributed by atoms with van der Waals surface area (Å²) in [5.74, 6) is 0.0828. The highest BCUT2D eigenvalue weighted by molar-refractivity contribution is 7.13. The number of aliphatic hydroxyl groups excluding tert-OH is 1. The van der Waals surface area contributed by atoms with Crippen LogP contribution in [0, 0.1) is 5.82 Å². The monoisotopic (exact) mass is 396 g/mol. The molecule has 7 heteroatoms. The van der Waals surface area contributed by atoms with Crippen molar-refractivity contribution in [2.24, 2.45) is 0 Å². The van der Waals surface area contributed by atoms with E-state index in [9.17, 15) is 14.3 Å². The predicted molar refractivity (Wildman–Crippen MR) is 107 cm³/mol. The summed E-state index contributed by atoms with van der Waals surface area (Å²) in [6, 6.07) is 16.7. The molecule has 0 unspecified atom stereocenters. The molecular weight excluding hydrogens is 379 g/mol. The first-order valence-corrected chi connectivity index (χ1v) is 9.60. The minimum absolute atomic E-state index is 0.0107. The molecule has 0 saturated carbocycles. The molecule has 1 atom stereocenters. The number of rotatable bonds is 6. The van der Waals surface area contributed by atoms with Crippen LogP contribution in [0.15, 0.2) is 70.8 Å². The van der Waals surface area contributed by atoms with Crippen LogP contribution >= 0.6 is 11.3 Å². The molecule has 0 amide bonds. The average molecular weight is 396 g/mol. The second kappa shape index (κ2) is 7.92. The van der Waals surface area contributed by atoms with Gasteiger partial charge in [-0.15, -0.1) is 11.3 Å². The molecule has 2 aromatic heterocycles. The van der Waals surface area contributed by atoms with Crippen LogP contribution in [-0.2, 0) is 6.54 Å². The molecule has 4 rings (SSSR count). The van der Waals surface area contributed by atoms with Gasteiger partial charge in [-0.25, -0.2) is 9.07 Å². The minimum atomic E-state index is -0.951. The van der Waals surface area contributed by atoms with Crippen molar-refractivity contribution in [1.82, 2.24) is 9.78 Å². The molecule has 0 radical (unpaired) electrons. The lowest BCUT2D eigenvalue weighted by Crippen LogP contribution is -2.32. The van der Waals surface area contributed by atoms with E-state index in [0.717, 1.165) is 10.3 Å². The van der Waals surface area contributed by atoms with Gasteiger partial charge in [0.05, 0.1) is 16.8 Å². The number of fused-ring (bicyclic) bond motifs is 1. The SMILES string of the molecule is O=c1c2ccccc2c(-c2cccs2)nn1C[C@@H](O)COc1ccc(F)cc1. The lowest BCUT2D eigenvalue weighted by atomic mass is 10.1. The predicted octanol–water partition coefficient (Wildman–Crippen LogP) is 3.70. The van der Waals surface area contributed by atoms with Gasteiger partial charge >= 0.3 is 0 Å². The van der Waals surface area contributed by atoms with Gasteiger partial charge in [0, 0.05) is 5.39 Å². The number of nitrogens with zero attached hydrogens (tertiary/aromatic N) is 2. The third-order valence-corrected chi connectivity index (χ3v) is 5.14. The topological polar surface area (TPSA) is 64.4 Å². The molecule has 4 aromatic rings. The van der Waals surface area contributed by atoms with Crippen LogP contribution in [0.4, 0.5) is 4.39 Å². The van der Waals surface area contributed by atoms with E-state index in [1.54, 1.807) is 12.1 Å². The first-order chi connectivity index (χ1) is 13.6. The standard InChI is InChI=1S/C21H17FN2O3S/c22-14-7-9-16(10-8-14)27-13-15(25)12-24-21(26)18-5-2-1-4-17(18)20(23-24)19-6-3-11-28-19/h1-11,15,25H,12-13H2/t15-/m1/s1. The fourth-order valence-corrected chi connectivity index (χ4v) is 3.65. The van der Waals surface area contributed by atoms with E-state index in [1.807, 2.05) is 29.6 Å². The van der Waals surface area contributed by atoms with E-state index in [2.05, 4.69) is 5.10 Å². The Bertz CT molecular complexity index is 1140. The van der Waals surface area contributed by atoms with E-state index in [0.29, 0.717) is 16.8 Å². The average Bonchev–Trinajstić information content (AvgIpc) is 3.24. The van der Waals surface area contributed by atoms with Crippen molar-refractivity contribution in [1.29, 1.82) is 0 Å². The van der Waals surface area contributed by atoms with Crippen molar-refractivity contribution < 1.29 is 14.2 Å². The van der Waals surface area contributed by atoms with Gasteiger partial charge in [0.25, 0.3) is 5.56 Å². The Labute approximate surface area is 164 Å². The van der Waals surface area contributed by atoms with Gasteiger partial charge in [-0.05, 0) is 41.8 Å². The fraction of sp³-hybridized carbons (Fsp3) is 0.143. The maximum Gasteiger partial charge on any atom is 0.274 e. The largest absolute Gasteiger partial charge is 0.491 e. The fourth-order valence-electron chi connectivity index (χ4n) is 2.93. The molecule has 2 aromatic carbocycles. The van der Waals surface area contributed by atoms with Gasteiger partial charge in [0.15, 0.2) is 0 Å². The summed E-state index contributed by atoms with van der Waals surface area (Å²) in [6.45, 7) is -0.0514. The summed E-state index contributed by atoms with van der Waals surface area (Å²) >= 11 is 1.54. The summed E-state index contributed by atoms with van der Waals surface area (Å²) < 4.78 is 19.7. The molecule has 142 valence electrons. The molecule has 28 heavy (non-hydrogen) atoms. The molecular formula is C21H17FN2O3S. The quantitative estimate of drug-likeness (QED) is 0.540.